The first-order valence-electron chi connectivity index (χ1n) is 6.75. The predicted octanol–water partition coefficient (Wildman–Crippen LogP) is 1.72. The fourth-order valence-corrected chi connectivity index (χ4v) is 2.24. The summed E-state index contributed by atoms with van der Waals surface area (Å²) in [4.78, 5) is 12.1. The van der Waals surface area contributed by atoms with Gasteiger partial charge in [-0.2, -0.15) is 0 Å². The summed E-state index contributed by atoms with van der Waals surface area (Å²) in [5.41, 5.74) is 6.90. The predicted molar refractivity (Wildman–Crippen MR) is 73.0 cm³/mol. The van der Waals surface area contributed by atoms with E-state index >= 15 is 0 Å². The number of rotatable bonds is 6. The molecule has 0 radical (unpaired) electrons. The van der Waals surface area contributed by atoms with Crippen LogP contribution in [0.15, 0.2) is 30.3 Å². The smallest absolute Gasteiger partial charge is 0.224 e. The van der Waals surface area contributed by atoms with Crippen LogP contribution < -0.4 is 11.1 Å². The zero-order valence-electron chi connectivity index (χ0n) is 10.9. The molecule has 2 atom stereocenters. The van der Waals surface area contributed by atoms with Crippen LogP contribution in [-0.4, -0.2) is 18.5 Å². The van der Waals surface area contributed by atoms with Crippen molar-refractivity contribution in [3.63, 3.8) is 0 Å². The van der Waals surface area contributed by atoms with Crippen LogP contribution in [0.5, 0.6) is 0 Å². The molecule has 1 aromatic carbocycles. The number of carbonyl (C=O) groups excluding carboxylic acids is 1. The molecule has 98 valence electrons. The van der Waals surface area contributed by atoms with E-state index in [1.54, 1.807) is 0 Å². The summed E-state index contributed by atoms with van der Waals surface area (Å²) >= 11 is 0. The van der Waals surface area contributed by atoms with Crippen LogP contribution in [0.2, 0.25) is 0 Å². The Kier molecular flexibility index (Phi) is 4.37. The molecule has 1 saturated carbocycles. The molecule has 0 aromatic heterocycles. The molecule has 0 heterocycles. The van der Waals surface area contributed by atoms with E-state index in [0.29, 0.717) is 18.5 Å². The van der Waals surface area contributed by atoms with Crippen molar-refractivity contribution in [1.82, 2.24) is 5.32 Å². The minimum Gasteiger partial charge on any atom is -0.353 e. The van der Waals surface area contributed by atoms with E-state index in [1.807, 2.05) is 30.3 Å². The van der Waals surface area contributed by atoms with E-state index in [1.165, 1.54) is 18.4 Å². The SMILES string of the molecule is CC(NC(=O)C(CN)Cc1ccccc1)C1CC1. The molecule has 3 heteroatoms. The lowest BCUT2D eigenvalue weighted by molar-refractivity contribution is -0.125. The van der Waals surface area contributed by atoms with Crippen molar-refractivity contribution in [1.29, 1.82) is 0 Å². The average Bonchev–Trinajstić information content (AvgIpc) is 3.21. The van der Waals surface area contributed by atoms with Crippen LogP contribution in [0.4, 0.5) is 0 Å². The zero-order valence-corrected chi connectivity index (χ0v) is 10.9. The molecule has 2 rings (SSSR count). The summed E-state index contributed by atoms with van der Waals surface area (Å²) in [6, 6.07) is 10.3. The third-order valence-electron chi connectivity index (χ3n) is 3.68. The van der Waals surface area contributed by atoms with Crippen molar-refractivity contribution >= 4 is 5.91 Å². The average molecular weight is 246 g/mol. The number of nitrogens with one attached hydrogen (secondary N) is 1. The number of nitrogens with two attached hydrogens (primary N) is 1. The van der Waals surface area contributed by atoms with Gasteiger partial charge >= 0.3 is 0 Å². The summed E-state index contributed by atoms with van der Waals surface area (Å²) in [6.45, 7) is 2.49. The molecule has 1 fully saturated rings. The number of hydrogen-bond donors (Lipinski definition) is 2. The lowest BCUT2D eigenvalue weighted by Gasteiger charge is -2.19. The summed E-state index contributed by atoms with van der Waals surface area (Å²) < 4.78 is 0. The molecule has 3 N–H and O–H groups in total. The number of carbonyl (C=O) groups is 1. The molecule has 1 aromatic rings. The summed E-state index contributed by atoms with van der Waals surface area (Å²) in [7, 11) is 0. The monoisotopic (exact) mass is 246 g/mol. The van der Waals surface area contributed by atoms with Crippen LogP contribution in [0.25, 0.3) is 0 Å². The number of amides is 1. The fourth-order valence-electron chi connectivity index (χ4n) is 2.24. The molecule has 18 heavy (non-hydrogen) atoms. The van der Waals surface area contributed by atoms with Crippen LogP contribution >= 0.6 is 0 Å². The Hall–Kier alpha value is -1.35. The van der Waals surface area contributed by atoms with E-state index < -0.39 is 0 Å². The third kappa shape index (κ3) is 3.57. The Balaban J connectivity index is 1.89. The molecule has 1 amide bonds. The minimum atomic E-state index is -0.117. The van der Waals surface area contributed by atoms with Gasteiger partial charge < -0.3 is 11.1 Å². The lowest BCUT2D eigenvalue weighted by Crippen LogP contribution is -2.41. The van der Waals surface area contributed by atoms with Gasteiger partial charge in [0, 0.05) is 12.6 Å². The van der Waals surface area contributed by atoms with Gasteiger partial charge in [-0.25, -0.2) is 0 Å². The Morgan fingerprint density at radius 2 is 2.06 bits per heavy atom. The van der Waals surface area contributed by atoms with Gasteiger partial charge in [0.1, 0.15) is 0 Å². The first kappa shape index (κ1) is 13.1. The number of hydrogen-bond acceptors (Lipinski definition) is 2. The van der Waals surface area contributed by atoms with E-state index in [0.717, 1.165) is 6.42 Å². The van der Waals surface area contributed by atoms with Gasteiger partial charge in [0.25, 0.3) is 0 Å². The van der Waals surface area contributed by atoms with Gasteiger partial charge in [-0.3, -0.25) is 4.79 Å². The van der Waals surface area contributed by atoms with Crippen LogP contribution in [0, 0.1) is 11.8 Å². The molecule has 1 aliphatic carbocycles. The van der Waals surface area contributed by atoms with Gasteiger partial charge in [-0.05, 0) is 37.7 Å². The highest BCUT2D eigenvalue weighted by Gasteiger charge is 2.30. The second kappa shape index (κ2) is 6.01. The van der Waals surface area contributed by atoms with Gasteiger partial charge in [-0.15, -0.1) is 0 Å². The fraction of sp³-hybridized carbons (Fsp3) is 0.533. The molecule has 2 unspecified atom stereocenters. The Bertz CT molecular complexity index is 387. The largest absolute Gasteiger partial charge is 0.353 e. The van der Waals surface area contributed by atoms with Gasteiger partial charge in [0.2, 0.25) is 5.91 Å². The van der Waals surface area contributed by atoms with Gasteiger partial charge in [-0.1, -0.05) is 30.3 Å². The topological polar surface area (TPSA) is 55.1 Å². The van der Waals surface area contributed by atoms with Crippen LogP contribution in [0.3, 0.4) is 0 Å². The normalized spacial score (nSPS) is 18.1. The highest BCUT2D eigenvalue weighted by atomic mass is 16.1. The summed E-state index contributed by atoms with van der Waals surface area (Å²) in [5.74, 6) is 0.665. The maximum absolute atomic E-state index is 12.1. The second-order valence-electron chi connectivity index (χ2n) is 5.26. The van der Waals surface area contributed by atoms with Crippen molar-refractivity contribution in [2.24, 2.45) is 17.6 Å². The van der Waals surface area contributed by atoms with Crippen LogP contribution in [0.1, 0.15) is 25.3 Å². The summed E-state index contributed by atoms with van der Waals surface area (Å²) in [5, 5.41) is 3.09. The maximum Gasteiger partial charge on any atom is 0.224 e. The van der Waals surface area contributed by atoms with Crippen LogP contribution in [-0.2, 0) is 11.2 Å². The van der Waals surface area contributed by atoms with E-state index in [9.17, 15) is 4.79 Å². The number of benzene rings is 1. The van der Waals surface area contributed by atoms with Crippen molar-refractivity contribution in [2.45, 2.75) is 32.2 Å². The van der Waals surface area contributed by atoms with Gasteiger partial charge in [0.15, 0.2) is 0 Å². The van der Waals surface area contributed by atoms with Crippen molar-refractivity contribution in [3.05, 3.63) is 35.9 Å². The van der Waals surface area contributed by atoms with E-state index in [4.69, 9.17) is 5.73 Å². The lowest BCUT2D eigenvalue weighted by atomic mass is 9.98. The van der Waals surface area contributed by atoms with Crippen molar-refractivity contribution in [2.75, 3.05) is 6.54 Å². The molecule has 0 aliphatic heterocycles. The third-order valence-corrected chi connectivity index (χ3v) is 3.68. The van der Waals surface area contributed by atoms with Gasteiger partial charge in [0.05, 0.1) is 5.92 Å². The molecule has 0 spiro atoms. The Morgan fingerprint density at radius 1 is 1.39 bits per heavy atom. The molecule has 0 bridgehead atoms. The first-order valence-corrected chi connectivity index (χ1v) is 6.75. The highest BCUT2D eigenvalue weighted by Crippen LogP contribution is 2.32. The van der Waals surface area contributed by atoms with Crippen molar-refractivity contribution < 1.29 is 4.79 Å². The molecule has 1 aliphatic rings. The van der Waals surface area contributed by atoms with Crippen molar-refractivity contribution in [3.8, 4) is 0 Å². The molecular weight excluding hydrogens is 224 g/mol. The summed E-state index contributed by atoms with van der Waals surface area (Å²) in [6.07, 6.45) is 3.21. The maximum atomic E-state index is 12.1. The zero-order chi connectivity index (χ0) is 13.0. The Labute approximate surface area is 109 Å². The highest BCUT2D eigenvalue weighted by molar-refractivity contribution is 5.79. The van der Waals surface area contributed by atoms with E-state index in [2.05, 4.69) is 12.2 Å². The standard InChI is InChI=1S/C15H22N2O/c1-11(13-7-8-13)17-15(18)14(10-16)9-12-5-3-2-4-6-12/h2-6,11,13-14H,7-10,16H2,1H3,(H,17,18). The molecule has 3 nitrogen and oxygen atoms in total. The quantitative estimate of drug-likeness (QED) is 0.803. The second-order valence-corrected chi connectivity index (χ2v) is 5.26. The first-order chi connectivity index (χ1) is 8.70. The molecular formula is C15H22N2O. The minimum absolute atomic E-state index is 0.0979. The molecule has 0 saturated heterocycles. The Morgan fingerprint density at radius 3 is 2.61 bits per heavy atom. The van der Waals surface area contributed by atoms with E-state index in [-0.39, 0.29) is 11.8 Å².